The Kier molecular flexibility index (Phi) is 6.62. The van der Waals surface area contributed by atoms with Crippen molar-refractivity contribution in [2.24, 2.45) is 5.73 Å². The number of carbonyl (C=O) groups is 1. The first kappa shape index (κ1) is 20.7. The Morgan fingerprint density at radius 3 is 2.33 bits per heavy atom. The third kappa shape index (κ3) is 5.07. The second-order valence-electron chi connectivity index (χ2n) is 5.23. The van der Waals surface area contributed by atoms with Crippen molar-refractivity contribution >= 4 is 28.3 Å². The van der Waals surface area contributed by atoms with Crippen LogP contribution in [0, 0.1) is 0 Å². The molecule has 0 bridgehead atoms. The van der Waals surface area contributed by atoms with E-state index in [4.69, 9.17) is 5.73 Å². The first-order chi connectivity index (χ1) is 10.6. The predicted molar refractivity (Wildman–Crippen MR) is 83.4 cm³/mol. The van der Waals surface area contributed by atoms with Crippen molar-refractivity contribution in [1.29, 1.82) is 0 Å². The van der Waals surface area contributed by atoms with Crippen LogP contribution >= 0.6 is 12.4 Å². The molecule has 2 rings (SSSR count). The summed E-state index contributed by atoms with van der Waals surface area (Å²) in [5, 5.41) is 1.72. The van der Waals surface area contributed by atoms with Crippen LogP contribution in [-0.2, 0) is 10.0 Å². The second-order valence-corrected chi connectivity index (χ2v) is 7.17. The van der Waals surface area contributed by atoms with Crippen molar-refractivity contribution in [2.75, 3.05) is 19.6 Å². The summed E-state index contributed by atoms with van der Waals surface area (Å²) in [4.78, 5) is 11.5. The van der Waals surface area contributed by atoms with E-state index < -0.39 is 28.7 Å². The van der Waals surface area contributed by atoms with Crippen molar-refractivity contribution in [1.82, 2.24) is 9.62 Å². The highest BCUT2D eigenvalue weighted by molar-refractivity contribution is 7.89. The van der Waals surface area contributed by atoms with Crippen LogP contribution in [0.2, 0.25) is 0 Å². The molecule has 1 aromatic rings. The second kappa shape index (κ2) is 7.68. The minimum atomic E-state index is -4.51. The molecule has 24 heavy (non-hydrogen) atoms. The zero-order chi connectivity index (χ0) is 17.3. The maximum atomic E-state index is 12.3. The topological polar surface area (TPSA) is 92.5 Å². The molecule has 1 amide bonds. The van der Waals surface area contributed by atoms with Gasteiger partial charge in [-0.3, -0.25) is 4.79 Å². The highest BCUT2D eigenvalue weighted by atomic mass is 35.5. The predicted octanol–water partition coefficient (Wildman–Crippen LogP) is 1.12. The smallest absolute Gasteiger partial charge is 0.343 e. The molecule has 0 aromatic heterocycles. The quantitative estimate of drug-likeness (QED) is 0.809. The van der Waals surface area contributed by atoms with E-state index in [0.717, 1.165) is 0 Å². The highest BCUT2D eigenvalue weighted by Crippen LogP contribution is 2.21. The molecule has 6 nitrogen and oxygen atoms in total. The molecule has 0 unspecified atom stereocenters. The Morgan fingerprint density at radius 2 is 1.88 bits per heavy atom. The fourth-order valence-electron chi connectivity index (χ4n) is 2.18. The van der Waals surface area contributed by atoms with E-state index in [1.807, 2.05) is 0 Å². The van der Waals surface area contributed by atoms with Gasteiger partial charge in [0.2, 0.25) is 10.0 Å². The average Bonchev–Trinajstić information content (AvgIpc) is 2.91. The Labute approximate surface area is 143 Å². The Hall–Kier alpha value is -1.36. The molecule has 0 aliphatic carbocycles. The molecule has 0 spiro atoms. The maximum Gasteiger partial charge on any atom is 0.405 e. The number of carbonyl (C=O) groups excluding carboxylic acids is 1. The normalized spacial score (nSPS) is 18.9. The Balaban J connectivity index is 0.00000288. The van der Waals surface area contributed by atoms with Crippen LogP contribution < -0.4 is 11.1 Å². The number of halogens is 4. The molecular weight excluding hydrogens is 371 g/mol. The van der Waals surface area contributed by atoms with Gasteiger partial charge in [0.25, 0.3) is 5.91 Å². The molecule has 1 aliphatic heterocycles. The average molecular weight is 388 g/mol. The number of nitrogens with two attached hydrogens (primary N) is 1. The number of hydrogen-bond acceptors (Lipinski definition) is 4. The van der Waals surface area contributed by atoms with Crippen LogP contribution in [0.15, 0.2) is 29.2 Å². The molecule has 0 radical (unpaired) electrons. The van der Waals surface area contributed by atoms with Gasteiger partial charge in [-0.15, -0.1) is 12.4 Å². The van der Waals surface area contributed by atoms with Crippen molar-refractivity contribution in [3.8, 4) is 0 Å². The van der Waals surface area contributed by atoms with Crippen LogP contribution in [0.1, 0.15) is 16.8 Å². The molecular formula is C13H17ClF3N3O3S. The molecule has 0 saturated carbocycles. The van der Waals surface area contributed by atoms with Gasteiger partial charge in [-0.2, -0.15) is 17.5 Å². The molecule has 1 atom stereocenters. The largest absolute Gasteiger partial charge is 0.405 e. The molecule has 136 valence electrons. The van der Waals surface area contributed by atoms with E-state index in [-0.39, 0.29) is 35.5 Å². The molecule has 1 fully saturated rings. The van der Waals surface area contributed by atoms with Crippen LogP contribution in [0.5, 0.6) is 0 Å². The number of nitrogens with one attached hydrogen (secondary N) is 1. The number of alkyl halides is 3. The first-order valence-corrected chi connectivity index (χ1v) is 8.24. The minimum absolute atomic E-state index is 0. The lowest BCUT2D eigenvalue weighted by molar-refractivity contribution is -0.123. The van der Waals surface area contributed by atoms with Crippen LogP contribution in [0.4, 0.5) is 13.2 Å². The summed E-state index contributed by atoms with van der Waals surface area (Å²) >= 11 is 0. The van der Waals surface area contributed by atoms with E-state index in [1.165, 1.54) is 28.6 Å². The Morgan fingerprint density at radius 1 is 1.29 bits per heavy atom. The molecule has 1 aliphatic rings. The zero-order valence-corrected chi connectivity index (χ0v) is 14.0. The van der Waals surface area contributed by atoms with Gasteiger partial charge in [-0.25, -0.2) is 8.42 Å². The van der Waals surface area contributed by atoms with Crippen molar-refractivity contribution < 1.29 is 26.4 Å². The number of sulfonamides is 1. The molecule has 1 saturated heterocycles. The van der Waals surface area contributed by atoms with Crippen LogP contribution in [-0.4, -0.2) is 50.5 Å². The summed E-state index contributed by atoms with van der Waals surface area (Å²) in [5.74, 6) is -0.922. The monoisotopic (exact) mass is 387 g/mol. The Bertz CT molecular complexity index is 680. The van der Waals surface area contributed by atoms with E-state index in [1.54, 1.807) is 5.32 Å². The number of rotatable bonds is 4. The fourth-order valence-corrected chi connectivity index (χ4v) is 3.69. The summed E-state index contributed by atoms with van der Waals surface area (Å²) in [6.07, 6.45) is -3.94. The summed E-state index contributed by atoms with van der Waals surface area (Å²) in [6, 6.07) is 4.53. The summed E-state index contributed by atoms with van der Waals surface area (Å²) in [7, 11) is -3.71. The molecule has 3 N–H and O–H groups in total. The van der Waals surface area contributed by atoms with Crippen LogP contribution in [0.25, 0.3) is 0 Å². The van der Waals surface area contributed by atoms with Crippen molar-refractivity contribution in [3.05, 3.63) is 29.8 Å². The number of nitrogens with zero attached hydrogens (tertiary/aromatic N) is 1. The van der Waals surface area contributed by atoms with E-state index >= 15 is 0 Å². The van der Waals surface area contributed by atoms with Gasteiger partial charge < -0.3 is 11.1 Å². The standard InChI is InChI=1S/C13H16F3N3O3S.ClH/c14-13(15,16)8-18-12(20)9-1-3-11(4-2-9)23(21,22)19-6-5-10(17)7-19;/h1-4,10H,5-8,17H2,(H,18,20);1H/t10-;/m1./s1. The van der Waals surface area contributed by atoms with Crippen molar-refractivity contribution in [2.45, 2.75) is 23.5 Å². The van der Waals surface area contributed by atoms with E-state index in [2.05, 4.69) is 0 Å². The van der Waals surface area contributed by atoms with Crippen molar-refractivity contribution in [3.63, 3.8) is 0 Å². The van der Waals surface area contributed by atoms with Gasteiger partial charge in [0.05, 0.1) is 4.90 Å². The van der Waals surface area contributed by atoms with Gasteiger partial charge in [-0.05, 0) is 30.7 Å². The van der Waals surface area contributed by atoms with Gasteiger partial charge in [0, 0.05) is 24.7 Å². The highest BCUT2D eigenvalue weighted by Gasteiger charge is 2.31. The molecule has 1 heterocycles. The fraction of sp³-hybridized carbons (Fsp3) is 0.462. The third-order valence-electron chi connectivity index (χ3n) is 3.39. The summed E-state index contributed by atoms with van der Waals surface area (Å²) < 4.78 is 62.1. The third-order valence-corrected chi connectivity index (χ3v) is 5.27. The number of hydrogen-bond donors (Lipinski definition) is 2. The van der Waals surface area contributed by atoms with Gasteiger partial charge >= 0.3 is 6.18 Å². The van der Waals surface area contributed by atoms with Gasteiger partial charge in [0.1, 0.15) is 6.54 Å². The van der Waals surface area contributed by atoms with E-state index in [9.17, 15) is 26.4 Å². The molecule has 1 aromatic carbocycles. The lowest BCUT2D eigenvalue weighted by Crippen LogP contribution is -2.34. The van der Waals surface area contributed by atoms with Crippen LogP contribution in [0.3, 0.4) is 0 Å². The SMILES string of the molecule is Cl.N[C@@H]1CCN(S(=O)(=O)c2ccc(C(=O)NCC(F)(F)F)cc2)C1. The van der Waals surface area contributed by atoms with E-state index in [0.29, 0.717) is 13.0 Å². The number of benzene rings is 1. The lowest BCUT2D eigenvalue weighted by atomic mass is 10.2. The molecule has 11 heteroatoms. The van der Waals surface area contributed by atoms with Gasteiger partial charge in [0.15, 0.2) is 0 Å². The number of amides is 1. The maximum absolute atomic E-state index is 12.3. The summed E-state index contributed by atoms with van der Waals surface area (Å²) in [6.45, 7) is -0.912. The van der Waals surface area contributed by atoms with Gasteiger partial charge in [-0.1, -0.05) is 0 Å². The minimum Gasteiger partial charge on any atom is -0.343 e. The lowest BCUT2D eigenvalue weighted by Gasteiger charge is -2.16. The first-order valence-electron chi connectivity index (χ1n) is 6.80. The summed E-state index contributed by atoms with van der Waals surface area (Å²) in [5.41, 5.74) is 5.63. The zero-order valence-electron chi connectivity index (χ0n) is 12.4.